The molecule has 1 fully saturated rings. The van der Waals surface area contributed by atoms with Crippen molar-refractivity contribution in [3.8, 4) is 5.69 Å². The lowest BCUT2D eigenvalue weighted by molar-refractivity contribution is 0.228. The van der Waals surface area contributed by atoms with Crippen LogP contribution in [0.4, 0.5) is 5.82 Å². The van der Waals surface area contributed by atoms with Crippen LogP contribution in [0.5, 0.6) is 0 Å². The molecule has 8 heteroatoms. The maximum Gasteiger partial charge on any atom is 0.209 e. The summed E-state index contributed by atoms with van der Waals surface area (Å²) in [5.74, 6) is 1.78. The summed E-state index contributed by atoms with van der Waals surface area (Å²) in [7, 11) is 0. The molecule has 0 spiro atoms. The Balaban J connectivity index is 1.27. The highest BCUT2D eigenvalue weighted by atomic mass is 16.3. The average molecular weight is 416 g/mol. The van der Waals surface area contributed by atoms with E-state index in [1.807, 2.05) is 36.0 Å². The first-order valence-corrected chi connectivity index (χ1v) is 10.4. The monoisotopic (exact) mass is 415 g/mol. The summed E-state index contributed by atoms with van der Waals surface area (Å²) in [6.45, 7) is 12.3. The van der Waals surface area contributed by atoms with Gasteiger partial charge in [0.25, 0.3) is 0 Å². The minimum Gasteiger partial charge on any atom is -0.439 e. The molecule has 8 nitrogen and oxygen atoms in total. The molecule has 1 aliphatic heterocycles. The van der Waals surface area contributed by atoms with Gasteiger partial charge in [-0.2, -0.15) is 5.10 Å². The number of benzene rings is 1. The fourth-order valence-corrected chi connectivity index (χ4v) is 3.91. The molecule has 31 heavy (non-hydrogen) atoms. The van der Waals surface area contributed by atoms with Crippen molar-refractivity contribution in [2.75, 3.05) is 31.1 Å². The summed E-state index contributed by atoms with van der Waals surface area (Å²) in [5, 5.41) is 4.37. The minimum atomic E-state index is 0.696. The van der Waals surface area contributed by atoms with Gasteiger partial charge < -0.3 is 9.32 Å². The van der Waals surface area contributed by atoms with E-state index in [0.717, 1.165) is 71.5 Å². The number of aromatic nitrogens is 5. The second-order valence-electron chi connectivity index (χ2n) is 7.85. The highest BCUT2D eigenvalue weighted by Gasteiger charge is 2.21. The smallest absolute Gasteiger partial charge is 0.209 e. The second-order valence-corrected chi connectivity index (χ2v) is 7.85. The van der Waals surface area contributed by atoms with Crippen LogP contribution in [0.1, 0.15) is 22.7 Å². The lowest BCUT2D eigenvalue weighted by Gasteiger charge is -2.35. The molecule has 1 saturated heterocycles. The van der Waals surface area contributed by atoms with Gasteiger partial charge in [-0.3, -0.25) is 4.90 Å². The molecule has 4 aromatic rings. The molecule has 0 N–H and O–H groups in total. The Kier molecular flexibility index (Phi) is 4.99. The maximum atomic E-state index is 6.06. The molecule has 0 atom stereocenters. The van der Waals surface area contributed by atoms with Gasteiger partial charge in [0.15, 0.2) is 5.58 Å². The van der Waals surface area contributed by atoms with E-state index in [4.69, 9.17) is 4.42 Å². The van der Waals surface area contributed by atoms with E-state index in [-0.39, 0.29) is 0 Å². The lowest BCUT2D eigenvalue weighted by Crippen LogP contribution is -2.46. The van der Waals surface area contributed by atoms with Gasteiger partial charge in [0, 0.05) is 55.3 Å². The molecule has 1 aromatic carbocycles. The third-order valence-electron chi connectivity index (χ3n) is 5.86. The zero-order chi connectivity index (χ0) is 21.4. The van der Waals surface area contributed by atoms with Crippen LogP contribution in [-0.4, -0.2) is 55.8 Å². The van der Waals surface area contributed by atoms with Crippen molar-refractivity contribution in [1.29, 1.82) is 0 Å². The van der Waals surface area contributed by atoms with Crippen LogP contribution < -0.4 is 4.90 Å². The summed E-state index contributed by atoms with van der Waals surface area (Å²) >= 11 is 0. The highest BCUT2D eigenvalue weighted by molar-refractivity contribution is 5.75. The number of fused-ring (bicyclic) bond motifs is 1. The zero-order valence-electron chi connectivity index (χ0n) is 17.8. The predicted molar refractivity (Wildman–Crippen MR) is 120 cm³/mol. The Morgan fingerprint density at radius 3 is 2.74 bits per heavy atom. The standard InChI is InChI=1S/C23H25N7O/c1-4-18-12-26-30(13-18)19-5-6-20-21(11-19)31-22(27-20)14-28-7-9-29(10-8-28)23-16(2)17(3)24-15-25-23/h4-6,11-13,15H,1,7-10,14H2,2-3H3. The SMILES string of the molecule is C=Cc1cnn(-c2ccc3nc(CN4CCN(c5ncnc(C)c5C)CC4)oc3c2)c1. The summed E-state index contributed by atoms with van der Waals surface area (Å²) in [6.07, 6.45) is 7.15. The number of anilines is 1. The van der Waals surface area contributed by atoms with Crippen molar-refractivity contribution < 1.29 is 4.42 Å². The summed E-state index contributed by atoms with van der Waals surface area (Å²) in [6, 6.07) is 5.95. The van der Waals surface area contributed by atoms with Crippen molar-refractivity contribution in [2.24, 2.45) is 0 Å². The topological polar surface area (TPSA) is 76.1 Å². The minimum absolute atomic E-state index is 0.696. The predicted octanol–water partition coefficient (Wildman–Crippen LogP) is 3.39. The van der Waals surface area contributed by atoms with Gasteiger partial charge in [-0.15, -0.1) is 0 Å². The van der Waals surface area contributed by atoms with E-state index in [0.29, 0.717) is 6.54 Å². The van der Waals surface area contributed by atoms with Gasteiger partial charge in [0.05, 0.1) is 18.4 Å². The summed E-state index contributed by atoms with van der Waals surface area (Å²) in [4.78, 5) is 18.2. The largest absolute Gasteiger partial charge is 0.439 e. The van der Waals surface area contributed by atoms with E-state index in [2.05, 4.69) is 43.4 Å². The van der Waals surface area contributed by atoms with Crippen LogP contribution in [0, 0.1) is 13.8 Å². The summed E-state index contributed by atoms with van der Waals surface area (Å²) < 4.78 is 7.88. The number of nitrogens with zero attached hydrogens (tertiary/aromatic N) is 7. The molecule has 1 aliphatic rings. The number of hydrogen-bond donors (Lipinski definition) is 0. The van der Waals surface area contributed by atoms with Crippen LogP contribution in [0.15, 0.2) is 47.9 Å². The quantitative estimate of drug-likeness (QED) is 0.494. The van der Waals surface area contributed by atoms with Crippen LogP contribution in [0.3, 0.4) is 0 Å². The van der Waals surface area contributed by atoms with Crippen LogP contribution in [-0.2, 0) is 6.54 Å². The fraction of sp³-hybridized carbons (Fsp3) is 0.304. The summed E-state index contributed by atoms with van der Waals surface area (Å²) in [5.41, 5.74) is 5.74. The van der Waals surface area contributed by atoms with Crippen molar-refractivity contribution in [2.45, 2.75) is 20.4 Å². The van der Waals surface area contributed by atoms with Crippen LogP contribution >= 0.6 is 0 Å². The number of aryl methyl sites for hydroxylation is 1. The fourth-order valence-electron chi connectivity index (χ4n) is 3.91. The number of rotatable bonds is 5. The molecule has 3 aromatic heterocycles. The van der Waals surface area contributed by atoms with E-state index in [1.165, 1.54) is 0 Å². The second kappa shape index (κ2) is 7.96. The average Bonchev–Trinajstić information content (AvgIpc) is 3.42. The molecule has 0 radical (unpaired) electrons. The van der Waals surface area contributed by atoms with Crippen molar-refractivity contribution >= 4 is 23.0 Å². The van der Waals surface area contributed by atoms with Gasteiger partial charge in [-0.05, 0) is 26.0 Å². The molecule has 0 unspecified atom stereocenters. The lowest BCUT2D eigenvalue weighted by atomic mass is 10.2. The normalized spacial score (nSPS) is 15.0. The molecular formula is C23H25N7O. The molecule has 5 rings (SSSR count). The van der Waals surface area contributed by atoms with E-state index >= 15 is 0 Å². The van der Waals surface area contributed by atoms with Crippen molar-refractivity contribution in [3.63, 3.8) is 0 Å². The highest BCUT2D eigenvalue weighted by Crippen LogP contribution is 2.23. The number of hydrogen-bond acceptors (Lipinski definition) is 7. The van der Waals surface area contributed by atoms with Gasteiger partial charge >= 0.3 is 0 Å². The molecule has 0 amide bonds. The molecule has 158 valence electrons. The Hall–Kier alpha value is -3.52. The van der Waals surface area contributed by atoms with Crippen LogP contribution in [0.25, 0.3) is 22.9 Å². The number of oxazole rings is 1. The van der Waals surface area contributed by atoms with Gasteiger partial charge in [0.1, 0.15) is 17.7 Å². The maximum absolute atomic E-state index is 6.06. The number of piperazine rings is 1. The van der Waals surface area contributed by atoms with Crippen molar-refractivity contribution in [3.05, 3.63) is 66.2 Å². The molecule has 0 saturated carbocycles. The van der Waals surface area contributed by atoms with E-state index in [1.54, 1.807) is 18.6 Å². The zero-order valence-corrected chi connectivity index (χ0v) is 17.8. The molecule has 0 bridgehead atoms. The van der Waals surface area contributed by atoms with E-state index < -0.39 is 0 Å². The Labute approximate surface area is 180 Å². The van der Waals surface area contributed by atoms with E-state index in [9.17, 15) is 0 Å². The first-order chi connectivity index (χ1) is 15.1. The Morgan fingerprint density at radius 1 is 1.13 bits per heavy atom. The Morgan fingerprint density at radius 2 is 1.97 bits per heavy atom. The Bertz CT molecular complexity index is 1230. The van der Waals surface area contributed by atoms with Crippen LogP contribution in [0.2, 0.25) is 0 Å². The van der Waals surface area contributed by atoms with Crippen molar-refractivity contribution in [1.82, 2.24) is 29.6 Å². The van der Waals surface area contributed by atoms with Gasteiger partial charge in [-0.1, -0.05) is 12.7 Å². The molecular weight excluding hydrogens is 390 g/mol. The van der Waals surface area contributed by atoms with Gasteiger partial charge in [-0.25, -0.2) is 19.6 Å². The van der Waals surface area contributed by atoms with Gasteiger partial charge in [0.2, 0.25) is 5.89 Å². The third-order valence-corrected chi connectivity index (χ3v) is 5.86. The first-order valence-electron chi connectivity index (χ1n) is 10.4. The third kappa shape index (κ3) is 3.82. The first kappa shape index (κ1) is 19.4. The molecule has 0 aliphatic carbocycles. The molecule has 4 heterocycles.